The monoisotopic (exact) mass is 88.0 g/mol. The highest BCUT2D eigenvalue weighted by atomic mass is 16.6. The van der Waals surface area contributed by atoms with Gasteiger partial charge in [-0.15, -0.1) is 4.91 Å². The number of rotatable bonds is 2. The van der Waals surface area contributed by atoms with Gasteiger partial charge in [0.05, 0.1) is 0 Å². The molecule has 0 saturated carbocycles. The van der Waals surface area contributed by atoms with Crippen molar-refractivity contribution in [2.24, 2.45) is 11.1 Å². The molecule has 0 unspecified atom stereocenters. The van der Waals surface area contributed by atoms with Gasteiger partial charge in [-0.05, 0) is 6.58 Å². The number of hydrogen-bond acceptors (Lipinski definition) is 4. The van der Waals surface area contributed by atoms with Crippen molar-refractivity contribution in [1.82, 2.24) is 0 Å². The van der Waals surface area contributed by atoms with E-state index in [0.29, 0.717) is 0 Å². The van der Waals surface area contributed by atoms with Gasteiger partial charge in [0.2, 0.25) is 0 Å². The standard InChI is InChI=1S/C2H4N2O2/c1-2(4-5)6-3/h1,3H2. The first-order valence-corrected chi connectivity index (χ1v) is 1.20. The lowest BCUT2D eigenvalue weighted by Crippen LogP contribution is -1.93. The van der Waals surface area contributed by atoms with Gasteiger partial charge in [-0.3, -0.25) is 0 Å². The van der Waals surface area contributed by atoms with Gasteiger partial charge >= 0.3 is 0 Å². The molecule has 0 fully saturated rings. The fourth-order valence-electron chi connectivity index (χ4n) is 0.0215. The minimum Gasteiger partial charge on any atom is -0.388 e. The van der Waals surface area contributed by atoms with Crippen molar-refractivity contribution in [2.75, 3.05) is 0 Å². The van der Waals surface area contributed by atoms with Crippen molar-refractivity contribution >= 4 is 0 Å². The molecular formula is C2H4N2O2. The van der Waals surface area contributed by atoms with Gasteiger partial charge in [-0.2, -0.15) is 5.90 Å². The van der Waals surface area contributed by atoms with Gasteiger partial charge in [-0.1, -0.05) is 0 Å². The molecule has 4 heteroatoms. The SMILES string of the molecule is C=C(N=O)ON. The Bertz CT molecular complexity index is 69.9. The Morgan fingerprint density at radius 3 is 2.50 bits per heavy atom. The summed E-state index contributed by atoms with van der Waals surface area (Å²) in [5, 5.41) is 2.22. The Morgan fingerprint density at radius 1 is 2.00 bits per heavy atom. The topological polar surface area (TPSA) is 64.7 Å². The molecule has 6 heavy (non-hydrogen) atoms. The number of nitrogens with two attached hydrogens (primary N) is 1. The second-order valence-electron chi connectivity index (χ2n) is 0.603. The van der Waals surface area contributed by atoms with Crippen molar-refractivity contribution in [3.8, 4) is 0 Å². The average Bonchev–Trinajstić information content (AvgIpc) is 1.65. The van der Waals surface area contributed by atoms with E-state index >= 15 is 0 Å². The molecule has 0 aromatic carbocycles. The lowest BCUT2D eigenvalue weighted by molar-refractivity contribution is 0.219. The van der Waals surface area contributed by atoms with Gasteiger partial charge in [0, 0.05) is 5.18 Å². The summed E-state index contributed by atoms with van der Waals surface area (Å²) < 4.78 is 0. The van der Waals surface area contributed by atoms with Crippen molar-refractivity contribution in [3.05, 3.63) is 17.4 Å². The molecule has 0 spiro atoms. The number of nitrogens with zero attached hydrogens (tertiary/aromatic N) is 1. The van der Waals surface area contributed by atoms with E-state index in [0.717, 1.165) is 0 Å². The van der Waals surface area contributed by atoms with Crippen molar-refractivity contribution < 1.29 is 4.84 Å². The largest absolute Gasteiger partial charge is 0.388 e. The van der Waals surface area contributed by atoms with Crippen LogP contribution in [0.15, 0.2) is 17.6 Å². The summed E-state index contributed by atoms with van der Waals surface area (Å²) in [5.74, 6) is 4.08. The summed E-state index contributed by atoms with van der Waals surface area (Å²) in [6, 6.07) is 0. The number of nitroso groups, excluding NO2 is 1. The molecule has 0 heterocycles. The molecule has 0 saturated heterocycles. The molecule has 0 amide bonds. The van der Waals surface area contributed by atoms with Crippen LogP contribution in [-0.4, -0.2) is 0 Å². The molecule has 0 aromatic rings. The maximum absolute atomic E-state index is 9.18. The fourth-order valence-corrected chi connectivity index (χ4v) is 0.0215. The quantitative estimate of drug-likeness (QED) is 0.296. The maximum atomic E-state index is 9.18. The van der Waals surface area contributed by atoms with Gasteiger partial charge in [0.15, 0.2) is 0 Å². The predicted molar refractivity (Wildman–Crippen MR) is 20.2 cm³/mol. The van der Waals surface area contributed by atoms with Crippen LogP contribution in [0.4, 0.5) is 0 Å². The van der Waals surface area contributed by atoms with Crippen molar-refractivity contribution in [2.45, 2.75) is 0 Å². The molecule has 0 aliphatic carbocycles. The van der Waals surface area contributed by atoms with Crippen molar-refractivity contribution in [3.63, 3.8) is 0 Å². The molecule has 0 aromatic heterocycles. The zero-order valence-electron chi connectivity index (χ0n) is 3.05. The van der Waals surface area contributed by atoms with E-state index in [1.807, 2.05) is 0 Å². The lowest BCUT2D eigenvalue weighted by Gasteiger charge is -1.83. The Hall–Kier alpha value is -0.900. The van der Waals surface area contributed by atoms with Gasteiger partial charge < -0.3 is 4.84 Å². The van der Waals surface area contributed by atoms with Crippen LogP contribution < -0.4 is 5.90 Å². The van der Waals surface area contributed by atoms with Crippen LogP contribution in [0.1, 0.15) is 0 Å². The smallest absolute Gasteiger partial charge is 0.270 e. The maximum Gasteiger partial charge on any atom is 0.270 e. The van der Waals surface area contributed by atoms with E-state index < -0.39 is 0 Å². The van der Waals surface area contributed by atoms with E-state index in [2.05, 4.69) is 22.5 Å². The second kappa shape index (κ2) is 2.34. The molecule has 0 aliphatic rings. The Labute approximate surface area is 34.5 Å². The third-order valence-electron chi connectivity index (χ3n) is 0.238. The minimum atomic E-state index is -0.310. The molecular weight excluding hydrogens is 84.0 g/mol. The van der Waals surface area contributed by atoms with Gasteiger partial charge in [-0.25, -0.2) is 0 Å². The van der Waals surface area contributed by atoms with Crippen LogP contribution in [0, 0.1) is 4.91 Å². The second-order valence-corrected chi connectivity index (χ2v) is 0.603. The first kappa shape index (κ1) is 5.10. The van der Waals surface area contributed by atoms with Gasteiger partial charge in [0.25, 0.3) is 5.88 Å². The first-order chi connectivity index (χ1) is 2.81. The summed E-state index contributed by atoms with van der Waals surface area (Å²) in [4.78, 5) is 12.9. The average molecular weight is 88.1 g/mol. The summed E-state index contributed by atoms with van der Waals surface area (Å²) in [7, 11) is 0. The molecule has 0 rings (SSSR count). The highest BCUT2D eigenvalue weighted by molar-refractivity contribution is 4.74. The predicted octanol–water partition coefficient (Wildman–Crippen LogP) is 0.114. The highest BCUT2D eigenvalue weighted by Gasteiger charge is 1.80. The number of hydrogen-bond donors (Lipinski definition) is 1. The minimum absolute atomic E-state index is 0.310. The van der Waals surface area contributed by atoms with E-state index in [1.54, 1.807) is 0 Å². The molecule has 0 bridgehead atoms. The van der Waals surface area contributed by atoms with Gasteiger partial charge in [0.1, 0.15) is 0 Å². The molecule has 0 atom stereocenters. The van der Waals surface area contributed by atoms with Crippen molar-refractivity contribution in [1.29, 1.82) is 0 Å². The summed E-state index contributed by atoms with van der Waals surface area (Å²) in [5.41, 5.74) is 0. The Balaban J connectivity index is 3.23. The summed E-state index contributed by atoms with van der Waals surface area (Å²) in [6.07, 6.45) is 0. The fraction of sp³-hybridized carbons (Fsp3) is 0. The Kier molecular flexibility index (Phi) is 1.99. The van der Waals surface area contributed by atoms with Crippen LogP contribution in [-0.2, 0) is 4.84 Å². The first-order valence-electron chi connectivity index (χ1n) is 1.20. The molecule has 0 radical (unpaired) electrons. The Morgan fingerprint density at radius 2 is 2.50 bits per heavy atom. The zero-order chi connectivity index (χ0) is 4.99. The molecule has 2 N–H and O–H groups in total. The molecule has 4 nitrogen and oxygen atoms in total. The van der Waals surface area contributed by atoms with Crippen LogP contribution in [0.5, 0.6) is 0 Å². The third kappa shape index (κ3) is 1.42. The van der Waals surface area contributed by atoms with E-state index in [9.17, 15) is 4.91 Å². The van der Waals surface area contributed by atoms with Crippen LogP contribution in [0.3, 0.4) is 0 Å². The summed E-state index contributed by atoms with van der Waals surface area (Å²) >= 11 is 0. The third-order valence-corrected chi connectivity index (χ3v) is 0.238. The molecule has 34 valence electrons. The van der Waals surface area contributed by atoms with E-state index in [4.69, 9.17) is 0 Å². The summed E-state index contributed by atoms with van der Waals surface area (Å²) in [6.45, 7) is 2.97. The molecule has 0 aliphatic heterocycles. The highest BCUT2D eigenvalue weighted by Crippen LogP contribution is 1.83. The van der Waals surface area contributed by atoms with E-state index in [1.165, 1.54) is 0 Å². The normalized spacial score (nSPS) is 6.83. The van der Waals surface area contributed by atoms with Crippen LogP contribution in [0.2, 0.25) is 0 Å². The van der Waals surface area contributed by atoms with Crippen LogP contribution >= 0.6 is 0 Å². The van der Waals surface area contributed by atoms with Crippen LogP contribution in [0.25, 0.3) is 0 Å². The zero-order valence-corrected chi connectivity index (χ0v) is 3.05. The van der Waals surface area contributed by atoms with E-state index in [-0.39, 0.29) is 5.88 Å². The lowest BCUT2D eigenvalue weighted by atomic mass is 11.0.